The zero-order valence-electron chi connectivity index (χ0n) is 12.6. The monoisotopic (exact) mass is 494 g/mol. The molecule has 0 saturated heterocycles. The van der Waals surface area contributed by atoms with Gasteiger partial charge in [-0.3, -0.25) is 0 Å². The molecular weight excluding hydrogens is 478 g/mol. The van der Waals surface area contributed by atoms with Crippen LogP contribution in [0.5, 0.6) is 0 Å². The van der Waals surface area contributed by atoms with E-state index in [1.807, 2.05) is 47.0 Å². The first-order valence-electron chi connectivity index (χ1n) is 6.67. The molecule has 0 nitrogen and oxygen atoms in total. The summed E-state index contributed by atoms with van der Waals surface area (Å²) >= 11 is 8.67. The molecule has 4 rings (SSSR count). The Hall–Kier alpha value is 0.879. The molecule has 0 spiro atoms. The molecule has 0 amide bonds. The fourth-order valence-corrected chi connectivity index (χ4v) is 13.5. The van der Waals surface area contributed by atoms with Gasteiger partial charge >= 0.3 is 161 Å². The van der Waals surface area contributed by atoms with E-state index in [4.69, 9.17) is 0 Å². The molecule has 22 heavy (non-hydrogen) atoms. The zero-order valence-corrected chi connectivity index (χ0v) is 19.3. The normalized spacial score (nSPS) is 12.4. The topological polar surface area (TPSA) is 0 Å². The van der Waals surface area contributed by atoms with E-state index in [0.29, 0.717) is 29.0 Å². The van der Waals surface area contributed by atoms with E-state index in [-0.39, 0.29) is 0 Å². The van der Waals surface area contributed by atoms with Gasteiger partial charge in [-0.1, -0.05) is 0 Å². The van der Waals surface area contributed by atoms with Crippen molar-refractivity contribution in [2.24, 2.45) is 0 Å². The van der Waals surface area contributed by atoms with Crippen molar-refractivity contribution >= 4 is 104 Å². The molecule has 0 unspecified atom stereocenters. The molecule has 0 atom stereocenters. The summed E-state index contributed by atoms with van der Waals surface area (Å²) in [6.45, 7) is 0. The molecule has 2 aromatic heterocycles. The standard InChI is InChI=1S/C16H14S4Se2/c1-17-7-5-8(18-2)14-11-12-15(21-13(7)11)9(19-3)6-10(20-4)16(12)22-14/h5-6H,1-4H3. The maximum atomic E-state index is 2.46. The molecule has 0 fully saturated rings. The van der Waals surface area contributed by atoms with Gasteiger partial charge in [-0.2, -0.15) is 0 Å². The molecule has 0 radical (unpaired) electrons. The van der Waals surface area contributed by atoms with Crippen LogP contribution in [0, 0.1) is 0 Å². The van der Waals surface area contributed by atoms with E-state index in [9.17, 15) is 0 Å². The molecule has 0 aliphatic heterocycles. The summed E-state index contributed by atoms with van der Waals surface area (Å²) < 4.78 is 6.66. The summed E-state index contributed by atoms with van der Waals surface area (Å²) in [4.78, 5) is 6.06. The Morgan fingerprint density at radius 2 is 0.818 bits per heavy atom. The molecule has 2 heterocycles. The first-order valence-corrected chi connectivity index (χ1v) is 15.0. The molecule has 0 N–H and O–H groups in total. The van der Waals surface area contributed by atoms with Crippen molar-refractivity contribution in [3.63, 3.8) is 0 Å². The van der Waals surface area contributed by atoms with Gasteiger partial charge in [0.25, 0.3) is 0 Å². The Morgan fingerprint density at radius 1 is 0.545 bits per heavy atom. The van der Waals surface area contributed by atoms with Gasteiger partial charge in [0.2, 0.25) is 0 Å². The second-order valence-electron chi connectivity index (χ2n) is 4.83. The summed E-state index contributed by atoms with van der Waals surface area (Å²) in [5, 5.41) is 3.29. The van der Waals surface area contributed by atoms with E-state index in [0.717, 1.165) is 0 Å². The van der Waals surface area contributed by atoms with Crippen LogP contribution >= 0.6 is 47.0 Å². The van der Waals surface area contributed by atoms with Gasteiger partial charge in [0.15, 0.2) is 0 Å². The van der Waals surface area contributed by atoms with Crippen LogP contribution < -0.4 is 0 Å². The number of hydrogen-bond donors (Lipinski definition) is 0. The third-order valence-corrected chi connectivity index (χ3v) is 13.4. The minimum absolute atomic E-state index is 0.481. The molecule has 6 heteroatoms. The fourth-order valence-electron chi connectivity index (χ4n) is 2.87. The SMILES string of the molecule is CSc1cc(SC)c2[se]c3c(SC)cc(SC)c4[se]c1c2c43. The summed E-state index contributed by atoms with van der Waals surface area (Å²) in [5.74, 6) is 0. The average Bonchev–Trinajstić information content (AvgIpc) is 3.13. The third kappa shape index (κ3) is 2.23. The van der Waals surface area contributed by atoms with Gasteiger partial charge in [-0.25, -0.2) is 0 Å². The van der Waals surface area contributed by atoms with Crippen molar-refractivity contribution in [2.45, 2.75) is 19.6 Å². The van der Waals surface area contributed by atoms with Gasteiger partial charge in [0, 0.05) is 0 Å². The van der Waals surface area contributed by atoms with Crippen molar-refractivity contribution in [3.8, 4) is 0 Å². The van der Waals surface area contributed by atoms with E-state index < -0.39 is 0 Å². The van der Waals surface area contributed by atoms with E-state index in [2.05, 4.69) is 37.2 Å². The Morgan fingerprint density at radius 3 is 1.05 bits per heavy atom. The van der Waals surface area contributed by atoms with E-state index in [1.54, 1.807) is 27.8 Å². The summed E-state index contributed by atoms with van der Waals surface area (Å²) in [5.41, 5.74) is 0. The molecule has 4 aromatic rings. The maximum absolute atomic E-state index is 2.46. The van der Waals surface area contributed by atoms with E-state index in [1.165, 1.54) is 19.6 Å². The first kappa shape index (κ1) is 16.4. The molecule has 0 aliphatic rings. The Bertz CT molecular complexity index is 835. The predicted octanol–water partition coefficient (Wildman–Crippen LogP) is 5.59. The Balaban J connectivity index is 2.30. The summed E-state index contributed by atoms with van der Waals surface area (Å²) in [7, 11) is 0. The van der Waals surface area contributed by atoms with Crippen molar-refractivity contribution in [1.82, 2.24) is 0 Å². The Labute approximate surface area is 159 Å². The number of thioether (sulfide) groups is 4. The second-order valence-corrected chi connectivity index (χ2v) is 12.5. The molecule has 0 aliphatic carbocycles. The van der Waals surface area contributed by atoms with Crippen LogP contribution in [0.4, 0.5) is 0 Å². The van der Waals surface area contributed by atoms with Crippen molar-refractivity contribution < 1.29 is 0 Å². The van der Waals surface area contributed by atoms with Crippen LogP contribution in [0.15, 0.2) is 31.7 Å². The van der Waals surface area contributed by atoms with Crippen LogP contribution in [-0.4, -0.2) is 54.0 Å². The quantitative estimate of drug-likeness (QED) is 0.269. The molecule has 0 saturated carbocycles. The van der Waals surface area contributed by atoms with Crippen LogP contribution in [0.3, 0.4) is 0 Å². The van der Waals surface area contributed by atoms with Crippen LogP contribution in [-0.2, 0) is 0 Å². The van der Waals surface area contributed by atoms with Gasteiger partial charge in [-0.05, 0) is 0 Å². The van der Waals surface area contributed by atoms with Gasteiger partial charge in [0.1, 0.15) is 0 Å². The molecular formula is C16H14S4Se2. The summed E-state index contributed by atoms with van der Waals surface area (Å²) in [6, 6.07) is 4.92. The predicted molar refractivity (Wildman–Crippen MR) is 111 cm³/mol. The van der Waals surface area contributed by atoms with Gasteiger partial charge in [0.05, 0.1) is 0 Å². The van der Waals surface area contributed by atoms with Gasteiger partial charge in [-0.15, -0.1) is 0 Å². The zero-order chi connectivity index (χ0) is 15.4. The summed E-state index contributed by atoms with van der Waals surface area (Å²) in [6.07, 6.45) is 8.91. The van der Waals surface area contributed by atoms with Crippen molar-refractivity contribution in [1.29, 1.82) is 0 Å². The van der Waals surface area contributed by atoms with Crippen molar-refractivity contribution in [2.75, 3.05) is 25.0 Å². The van der Waals surface area contributed by atoms with Crippen LogP contribution in [0.25, 0.3) is 27.8 Å². The molecule has 0 bridgehead atoms. The number of benzene rings is 2. The number of hydrogen-bond acceptors (Lipinski definition) is 4. The van der Waals surface area contributed by atoms with Crippen LogP contribution in [0.2, 0.25) is 0 Å². The minimum atomic E-state index is 0.481. The van der Waals surface area contributed by atoms with E-state index >= 15 is 0 Å². The molecule has 114 valence electrons. The van der Waals surface area contributed by atoms with Gasteiger partial charge < -0.3 is 0 Å². The second kappa shape index (κ2) is 6.31. The fraction of sp³-hybridized carbons (Fsp3) is 0.250. The number of rotatable bonds is 4. The third-order valence-electron chi connectivity index (χ3n) is 3.87. The molecule has 2 aromatic carbocycles. The Kier molecular flexibility index (Phi) is 4.69. The average molecular weight is 492 g/mol. The van der Waals surface area contributed by atoms with Crippen molar-refractivity contribution in [3.05, 3.63) is 12.1 Å². The van der Waals surface area contributed by atoms with Crippen LogP contribution in [0.1, 0.15) is 0 Å². The first-order chi connectivity index (χ1) is 10.7.